The molecule has 16 nitrogen and oxygen atoms in total. The molecule has 0 saturated carbocycles. The number of aryl methyl sites for hydroxylation is 11. The zero-order valence-corrected chi connectivity index (χ0v) is 89.0. The molecule has 0 bridgehead atoms. The first-order chi connectivity index (χ1) is 72.2. The van der Waals surface area contributed by atoms with Crippen LogP contribution in [0.3, 0.4) is 0 Å². The van der Waals surface area contributed by atoms with Crippen LogP contribution in [0.5, 0.6) is 0 Å². The number of nitrogens with zero attached hydrogens (tertiary/aromatic N) is 16. The normalized spacial score (nSPS) is 12.1. The maximum Gasteiger partial charge on any atom is 3.00 e. The Morgan fingerprint density at radius 3 is 1.13 bits per heavy atom. The quantitative estimate of drug-likeness (QED) is 0.0721. The molecule has 0 N–H and O–H groups in total. The maximum absolute atomic E-state index is 5.09. The Bertz CT molecular complexity index is 8980. The third-order valence-electron chi connectivity index (χ3n) is 29.2. The first-order valence-corrected chi connectivity index (χ1v) is 51.1. The van der Waals surface area contributed by atoms with Crippen molar-refractivity contribution in [2.24, 2.45) is 0 Å². The molecule has 3 unspecified atom stereocenters. The number of hydrogen-bond donors (Lipinski definition) is 0. The minimum absolute atomic E-state index is 0. The summed E-state index contributed by atoms with van der Waals surface area (Å²) < 4.78 is 15.7. The van der Waals surface area contributed by atoms with Gasteiger partial charge in [-0.2, -0.15) is 0 Å². The van der Waals surface area contributed by atoms with Gasteiger partial charge in [0.2, 0.25) is 0 Å². The van der Waals surface area contributed by atoms with E-state index in [2.05, 4.69) is 405 Å². The van der Waals surface area contributed by atoms with Gasteiger partial charge in [-0.1, -0.05) is 154 Å². The van der Waals surface area contributed by atoms with Crippen molar-refractivity contribution in [3.8, 4) is 96.2 Å². The minimum Gasteiger partial charge on any atom is -0.340 e. The molecule has 0 saturated heterocycles. The summed E-state index contributed by atoms with van der Waals surface area (Å²) in [7, 11) is 0. The van der Waals surface area contributed by atoms with Crippen LogP contribution >= 0.6 is 0 Å². The predicted octanol–water partition coefficient (Wildman–Crippen LogP) is 32.4. The Hall–Kier alpha value is -17.0. The van der Waals surface area contributed by atoms with E-state index < -0.39 is 0 Å². The second-order valence-electron chi connectivity index (χ2n) is 39.4. The second kappa shape index (κ2) is 41.9. The van der Waals surface area contributed by atoms with Crippen LogP contribution in [0.1, 0.15) is 143 Å². The molecule has 12 aromatic carbocycles. The fraction of sp³-hybridized carbons (Fsp3) is 0.159. The van der Waals surface area contributed by atoms with E-state index in [4.69, 9.17) is 24.9 Å². The van der Waals surface area contributed by atoms with Crippen molar-refractivity contribution in [1.82, 2.24) is 76.8 Å². The molecule has 13 aromatic heterocycles. The van der Waals surface area contributed by atoms with Gasteiger partial charge in [-0.25, -0.2) is 4.98 Å². The fourth-order valence-corrected chi connectivity index (χ4v) is 22.4. The fourth-order valence-electron chi connectivity index (χ4n) is 22.4. The third-order valence-corrected chi connectivity index (χ3v) is 29.2. The Morgan fingerprint density at radius 1 is 0.275 bits per heavy atom. The first-order valence-electron chi connectivity index (χ1n) is 51.1. The molecular formula is C132H115IrN16. The molecule has 0 aliphatic carbocycles. The monoisotopic (exact) mass is 2120 g/mol. The summed E-state index contributed by atoms with van der Waals surface area (Å²) in [6, 6.07) is 118. The van der Waals surface area contributed by atoms with E-state index in [1.54, 1.807) is 0 Å². The van der Waals surface area contributed by atoms with Crippen LogP contribution in [0.2, 0.25) is 0 Å². The summed E-state index contributed by atoms with van der Waals surface area (Å²) in [5, 5.41) is 2.34. The van der Waals surface area contributed by atoms with Crippen molar-refractivity contribution in [2.45, 2.75) is 141 Å². The molecule has 13 heterocycles. The van der Waals surface area contributed by atoms with Crippen LogP contribution in [0.4, 0.5) is 0 Å². The Labute approximate surface area is 883 Å². The SMILES string of the molecule is CCC(C)c1ccc2c(n1)c1ncccc1n2-c1ccc(-c2ccc(-n3c4cccnc4c4ncccc43)cc2C)c(C)c1.CCC(CC(C)c1ccc2c(c1)c1ncccc1n2-c1ccc(-c2cccc(-n3c4ccccc4c4ncccc43)c2)cc1)c1c[c-]c(-c2nccn2-c2c(C)cc(C)cc2C)cc1.Cc1cc(C)c(-n2ccnc2-c2[c-]cccc2)c(C)c1.Cc1cc(C)c(-n2ccnc2-c2[c-]cccc2)c(C)c1.[Ir+3]. The molecule has 3 atom stereocenters. The number of pyridine rings is 6. The van der Waals surface area contributed by atoms with Crippen LogP contribution in [-0.2, 0) is 20.1 Å². The molecular weight excluding hydrogens is 2000 g/mol. The molecule has 25 aromatic rings. The molecule has 0 radical (unpaired) electrons. The van der Waals surface area contributed by atoms with Crippen molar-refractivity contribution < 1.29 is 20.1 Å². The van der Waals surface area contributed by atoms with Gasteiger partial charge in [0, 0.05) is 124 Å². The molecule has 0 aliphatic heterocycles. The number of imidazole rings is 3. The van der Waals surface area contributed by atoms with Gasteiger partial charge in [-0.05, 0) is 313 Å². The molecule has 149 heavy (non-hydrogen) atoms. The van der Waals surface area contributed by atoms with E-state index >= 15 is 0 Å². The van der Waals surface area contributed by atoms with Gasteiger partial charge in [-0.15, -0.1) is 107 Å². The largest absolute Gasteiger partial charge is 3.00 e. The molecule has 0 spiro atoms. The molecule has 0 aliphatic rings. The summed E-state index contributed by atoms with van der Waals surface area (Å²) >= 11 is 0. The minimum atomic E-state index is 0. The third kappa shape index (κ3) is 18.8. The summed E-state index contributed by atoms with van der Waals surface area (Å²) in [5.74, 6) is 3.92. The molecule has 732 valence electrons. The van der Waals surface area contributed by atoms with Crippen molar-refractivity contribution in [3.63, 3.8) is 0 Å². The zero-order chi connectivity index (χ0) is 102. The average molecular weight is 2120 g/mol. The van der Waals surface area contributed by atoms with Crippen molar-refractivity contribution in [1.29, 1.82) is 0 Å². The van der Waals surface area contributed by atoms with Gasteiger partial charge in [0.05, 0.1) is 72.6 Å². The number of aromatic nitrogens is 16. The van der Waals surface area contributed by atoms with Gasteiger partial charge >= 0.3 is 20.1 Å². The summed E-state index contributed by atoms with van der Waals surface area (Å²) in [6.45, 7) is 32.8. The summed E-state index contributed by atoms with van der Waals surface area (Å²) in [5.41, 5.74) is 48.0. The number of rotatable bonds is 19. The van der Waals surface area contributed by atoms with Gasteiger partial charge in [0.15, 0.2) is 0 Å². The number of benzene rings is 12. The molecule has 17 heteroatoms. The zero-order valence-electron chi connectivity index (χ0n) is 86.6. The van der Waals surface area contributed by atoms with Crippen LogP contribution < -0.4 is 0 Å². The topological polar surface area (TPSA) is 151 Å². The Morgan fingerprint density at radius 2 is 0.671 bits per heavy atom. The number of para-hydroxylation sites is 1. The second-order valence-corrected chi connectivity index (χ2v) is 39.4. The van der Waals surface area contributed by atoms with Crippen LogP contribution in [0.25, 0.3) is 184 Å². The van der Waals surface area contributed by atoms with Gasteiger partial charge in [0.1, 0.15) is 22.1 Å². The van der Waals surface area contributed by atoms with E-state index in [1.807, 2.05) is 141 Å². The maximum atomic E-state index is 5.09. The Balaban J connectivity index is 0.000000130. The van der Waals surface area contributed by atoms with Gasteiger partial charge < -0.3 is 32.0 Å². The van der Waals surface area contributed by atoms with E-state index in [0.717, 1.165) is 176 Å². The van der Waals surface area contributed by atoms with Crippen molar-refractivity contribution in [3.05, 3.63) is 468 Å². The molecule has 0 fully saturated rings. The van der Waals surface area contributed by atoms with Crippen LogP contribution in [0.15, 0.2) is 371 Å². The van der Waals surface area contributed by atoms with Crippen molar-refractivity contribution >= 4 is 88.0 Å². The van der Waals surface area contributed by atoms with Gasteiger partial charge in [-0.3, -0.25) is 39.9 Å². The number of fused-ring (bicyclic) bond motifs is 12. The standard InChI is InChI=1S/C58H49N6.C38H32N6.2C18H17N2.Ir/c1-6-41(42-18-20-44(21-19-42)58-61-30-31-62(58)57-39(4)32-37(2)33-40(57)5)34-38(3)45-24-27-52-50(36-45)56-54(17-11-29-60-56)63(52)47-25-22-43(23-26-47)46-12-9-13-48(35-46)64-51-15-8-7-14-49(51)55-53(64)16-10-28-59-55;1-5-23(2)30-16-17-34-38(42-30)37-33(11-8-20-41-37)44(34)27-13-15-29(25(4)22-27)28-14-12-26(21-24(28)3)43-31-9-6-18-39-35(31)36-32(43)10-7-19-40-36;2*1-13-11-14(2)17(15(3)12-13)20-10-9-19-18(20)16-7-5-4-6-8-16;/h7-20,22-33,35-36,38,41H,6,34H2,1-5H3;6-23H,5H2,1-4H3;2*4-7,9-12H,1-3H3;/q-1;;2*-1;+3. The molecule has 0 amide bonds. The van der Waals surface area contributed by atoms with E-state index in [-0.39, 0.29) is 20.1 Å². The predicted molar refractivity (Wildman–Crippen MR) is 608 cm³/mol. The average Bonchev–Trinajstić information content (AvgIpc) is 1.60. The summed E-state index contributed by atoms with van der Waals surface area (Å²) in [4.78, 5) is 42.6. The van der Waals surface area contributed by atoms with Crippen molar-refractivity contribution in [2.75, 3.05) is 0 Å². The number of hydrogen-bond acceptors (Lipinski definition) is 9. The van der Waals surface area contributed by atoms with Crippen LogP contribution in [0, 0.1) is 94.4 Å². The van der Waals surface area contributed by atoms with E-state index in [9.17, 15) is 0 Å². The smallest absolute Gasteiger partial charge is 0.340 e. The molecule has 25 rings (SSSR count). The Kier molecular flexibility index (Phi) is 27.6. The van der Waals surface area contributed by atoms with E-state index in [0.29, 0.717) is 17.8 Å². The van der Waals surface area contributed by atoms with Gasteiger partial charge in [0.25, 0.3) is 0 Å². The van der Waals surface area contributed by atoms with Crippen LogP contribution in [-0.4, -0.2) is 76.8 Å². The summed E-state index contributed by atoms with van der Waals surface area (Å²) in [6.07, 6.45) is 24.1. The first kappa shape index (κ1) is 98.1. The van der Waals surface area contributed by atoms with E-state index in [1.165, 1.54) is 106 Å².